The molecule has 0 radical (unpaired) electrons. The number of hydrogen-bond donors (Lipinski definition) is 1. The Morgan fingerprint density at radius 2 is 2.50 bits per heavy atom. The zero-order valence-corrected chi connectivity index (χ0v) is 11.3. The predicted octanol–water partition coefficient (Wildman–Crippen LogP) is 0.770. The van der Waals surface area contributed by atoms with Crippen LogP contribution in [0.4, 0.5) is 0 Å². The number of aromatic nitrogens is 2. The van der Waals surface area contributed by atoms with Crippen molar-refractivity contribution in [1.82, 2.24) is 20.4 Å². The second kappa shape index (κ2) is 7.48. The Kier molecular flexibility index (Phi) is 6.28. The molecule has 7 heteroatoms. The van der Waals surface area contributed by atoms with E-state index in [1.165, 1.54) is 0 Å². The lowest BCUT2D eigenvalue weighted by Gasteiger charge is -2.30. The highest BCUT2D eigenvalue weighted by Crippen LogP contribution is 2.17. The average molecular weight is 275 g/mol. The van der Waals surface area contributed by atoms with E-state index in [-0.39, 0.29) is 18.4 Å². The molecule has 1 aromatic heterocycles. The van der Waals surface area contributed by atoms with E-state index in [4.69, 9.17) is 9.26 Å². The Labute approximate surface area is 113 Å². The molecule has 2 rings (SSSR count). The van der Waals surface area contributed by atoms with E-state index in [1.807, 2.05) is 0 Å². The quantitative estimate of drug-likeness (QED) is 0.632. The molecule has 1 N–H and O–H groups in total. The molecule has 0 saturated carbocycles. The van der Waals surface area contributed by atoms with Gasteiger partial charge in [0.2, 0.25) is 0 Å². The van der Waals surface area contributed by atoms with Crippen molar-refractivity contribution in [3.8, 4) is 0 Å². The van der Waals surface area contributed by atoms with Gasteiger partial charge in [-0.25, -0.2) is 0 Å². The fraction of sp³-hybridized carbons (Fsp3) is 0.636. The molecule has 1 unspecified atom stereocenters. The Bertz CT molecular complexity index is 372. The van der Waals surface area contributed by atoms with Gasteiger partial charge in [0.15, 0.2) is 5.82 Å². The van der Waals surface area contributed by atoms with Crippen LogP contribution in [0, 0.1) is 0 Å². The van der Waals surface area contributed by atoms with Crippen LogP contribution in [0.1, 0.15) is 17.8 Å². The molecule has 0 amide bonds. The van der Waals surface area contributed by atoms with Gasteiger partial charge in [-0.1, -0.05) is 11.2 Å². The van der Waals surface area contributed by atoms with E-state index in [0.717, 1.165) is 25.5 Å². The molecule has 1 aliphatic heterocycles. The van der Waals surface area contributed by atoms with Crippen LogP contribution in [0.5, 0.6) is 0 Å². The van der Waals surface area contributed by atoms with E-state index >= 15 is 0 Å². The fourth-order valence-corrected chi connectivity index (χ4v) is 1.79. The highest BCUT2D eigenvalue weighted by atomic mass is 35.5. The minimum atomic E-state index is 0. The summed E-state index contributed by atoms with van der Waals surface area (Å²) < 4.78 is 10.4. The van der Waals surface area contributed by atoms with E-state index in [1.54, 1.807) is 6.08 Å². The first kappa shape index (κ1) is 15.1. The molecule has 18 heavy (non-hydrogen) atoms. The molecule has 1 atom stereocenters. The Morgan fingerprint density at radius 1 is 1.67 bits per heavy atom. The summed E-state index contributed by atoms with van der Waals surface area (Å²) in [6.45, 7) is 7.24. The van der Waals surface area contributed by atoms with E-state index in [2.05, 4.69) is 34.0 Å². The van der Waals surface area contributed by atoms with Crippen molar-refractivity contribution in [2.75, 3.05) is 33.3 Å². The maximum Gasteiger partial charge on any atom is 0.252 e. The van der Waals surface area contributed by atoms with Gasteiger partial charge in [-0.15, -0.1) is 19.0 Å². The Hall–Kier alpha value is -0.950. The average Bonchev–Trinajstić information content (AvgIpc) is 2.79. The first-order valence-electron chi connectivity index (χ1n) is 5.73. The van der Waals surface area contributed by atoms with Crippen LogP contribution in [0.3, 0.4) is 0 Å². The van der Waals surface area contributed by atoms with Crippen molar-refractivity contribution >= 4 is 12.4 Å². The molecule has 0 bridgehead atoms. The third-order valence-electron chi connectivity index (χ3n) is 2.75. The molecule has 1 fully saturated rings. The Morgan fingerprint density at radius 3 is 3.22 bits per heavy atom. The predicted molar refractivity (Wildman–Crippen MR) is 69.6 cm³/mol. The van der Waals surface area contributed by atoms with E-state index < -0.39 is 0 Å². The van der Waals surface area contributed by atoms with Crippen LogP contribution in [0.15, 0.2) is 17.2 Å². The lowest BCUT2D eigenvalue weighted by Crippen LogP contribution is -2.44. The second-order valence-corrected chi connectivity index (χ2v) is 4.05. The van der Waals surface area contributed by atoms with Gasteiger partial charge in [-0.3, -0.25) is 4.90 Å². The van der Waals surface area contributed by atoms with Crippen LogP contribution in [0.2, 0.25) is 0 Å². The smallest absolute Gasteiger partial charge is 0.252 e. The van der Waals surface area contributed by atoms with Gasteiger partial charge in [0.1, 0.15) is 6.61 Å². The van der Waals surface area contributed by atoms with Gasteiger partial charge in [0, 0.05) is 19.6 Å². The number of ether oxygens (including phenoxy) is 1. The van der Waals surface area contributed by atoms with Crippen molar-refractivity contribution in [3.05, 3.63) is 24.4 Å². The zero-order chi connectivity index (χ0) is 12.1. The molecule has 1 aromatic rings. The zero-order valence-electron chi connectivity index (χ0n) is 10.5. The summed E-state index contributed by atoms with van der Waals surface area (Å²) in [5.41, 5.74) is 0. The first-order valence-corrected chi connectivity index (χ1v) is 5.73. The largest absolute Gasteiger partial charge is 0.368 e. The number of nitrogens with zero attached hydrogens (tertiary/aromatic N) is 3. The molecule has 1 saturated heterocycles. The van der Waals surface area contributed by atoms with Crippen molar-refractivity contribution < 1.29 is 9.26 Å². The molecule has 0 spiro atoms. The minimum Gasteiger partial charge on any atom is -0.368 e. The van der Waals surface area contributed by atoms with Gasteiger partial charge in [0.25, 0.3) is 5.89 Å². The number of likely N-dealkylation sites (N-methyl/N-ethyl adjacent to an activating group) is 1. The summed E-state index contributed by atoms with van der Waals surface area (Å²) in [5, 5.41) is 7.31. The summed E-state index contributed by atoms with van der Waals surface area (Å²) in [4.78, 5) is 6.56. The van der Waals surface area contributed by atoms with Crippen LogP contribution in [0.25, 0.3) is 0 Å². The Balaban J connectivity index is 0.00000162. The SMILES string of the molecule is C=CCOCc1nc(C2CNCCN2C)no1.Cl. The summed E-state index contributed by atoms with van der Waals surface area (Å²) >= 11 is 0. The monoisotopic (exact) mass is 274 g/mol. The standard InChI is InChI=1S/C11H18N4O2.ClH/c1-3-6-16-8-10-13-11(14-17-10)9-7-12-4-5-15(9)2;/h3,9,12H,1,4-8H2,2H3;1H. The number of halogens is 1. The second-order valence-electron chi connectivity index (χ2n) is 4.05. The number of piperazine rings is 1. The highest BCUT2D eigenvalue weighted by Gasteiger charge is 2.25. The lowest BCUT2D eigenvalue weighted by molar-refractivity contribution is 0.121. The van der Waals surface area contributed by atoms with Gasteiger partial charge >= 0.3 is 0 Å². The third-order valence-corrected chi connectivity index (χ3v) is 2.75. The minimum absolute atomic E-state index is 0. The molecule has 0 aliphatic carbocycles. The van der Waals surface area contributed by atoms with Gasteiger partial charge in [-0.2, -0.15) is 4.98 Å². The molecule has 6 nitrogen and oxygen atoms in total. The topological polar surface area (TPSA) is 63.4 Å². The summed E-state index contributed by atoms with van der Waals surface area (Å²) in [7, 11) is 2.07. The number of rotatable bonds is 5. The van der Waals surface area contributed by atoms with Crippen LogP contribution < -0.4 is 5.32 Å². The maximum atomic E-state index is 5.25. The molecular formula is C11H19ClN4O2. The van der Waals surface area contributed by atoms with E-state index in [0.29, 0.717) is 19.1 Å². The van der Waals surface area contributed by atoms with E-state index in [9.17, 15) is 0 Å². The molecule has 102 valence electrons. The van der Waals surface area contributed by atoms with Crippen LogP contribution >= 0.6 is 12.4 Å². The lowest BCUT2D eigenvalue weighted by atomic mass is 10.2. The van der Waals surface area contributed by atoms with Crippen molar-refractivity contribution in [2.24, 2.45) is 0 Å². The number of hydrogen-bond acceptors (Lipinski definition) is 6. The summed E-state index contributed by atoms with van der Waals surface area (Å²) in [6, 6.07) is 0.181. The fourth-order valence-electron chi connectivity index (χ4n) is 1.79. The third kappa shape index (κ3) is 3.78. The molecule has 1 aliphatic rings. The van der Waals surface area contributed by atoms with Crippen molar-refractivity contribution in [3.63, 3.8) is 0 Å². The molecular weight excluding hydrogens is 256 g/mol. The summed E-state index contributed by atoms with van der Waals surface area (Å²) in [6.07, 6.45) is 1.69. The normalized spacial score (nSPS) is 20.4. The maximum absolute atomic E-state index is 5.25. The van der Waals surface area contributed by atoms with Crippen molar-refractivity contribution in [1.29, 1.82) is 0 Å². The van der Waals surface area contributed by atoms with Gasteiger partial charge in [0.05, 0.1) is 12.6 Å². The highest BCUT2D eigenvalue weighted by molar-refractivity contribution is 5.85. The molecule has 0 aromatic carbocycles. The summed E-state index contributed by atoms with van der Waals surface area (Å²) in [5.74, 6) is 1.23. The van der Waals surface area contributed by atoms with Crippen LogP contribution in [-0.2, 0) is 11.3 Å². The molecule has 2 heterocycles. The van der Waals surface area contributed by atoms with Gasteiger partial charge < -0.3 is 14.6 Å². The first-order chi connectivity index (χ1) is 8.31. The number of nitrogens with one attached hydrogen (secondary N) is 1. The van der Waals surface area contributed by atoms with Crippen LogP contribution in [-0.4, -0.2) is 48.3 Å². The van der Waals surface area contributed by atoms with Crippen molar-refractivity contribution in [2.45, 2.75) is 12.6 Å². The van der Waals surface area contributed by atoms with Gasteiger partial charge in [-0.05, 0) is 7.05 Å².